The van der Waals surface area contributed by atoms with Crippen LogP contribution < -0.4 is 21.5 Å². The van der Waals surface area contributed by atoms with Crippen LogP contribution in [-0.2, 0) is 4.74 Å². The summed E-state index contributed by atoms with van der Waals surface area (Å²) >= 11 is 0. The van der Waals surface area contributed by atoms with Crippen molar-refractivity contribution in [1.29, 1.82) is 0 Å². The van der Waals surface area contributed by atoms with Gasteiger partial charge in [0.25, 0.3) is 11.5 Å². The maximum Gasteiger partial charge on any atom is 0.308 e. The molecule has 0 aromatic carbocycles. The highest BCUT2D eigenvalue weighted by atomic mass is 16.5. The third-order valence-corrected chi connectivity index (χ3v) is 5.86. The van der Waals surface area contributed by atoms with Gasteiger partial charge in [-0.1, -0.05) is 0 Å². The van der Waals surface area contributed by atoms with Gasteiger partial charge in [-0.15, -0.1) is 0 Å². The summed E-state index contributed by atoms with van der Waals surface area (Å²) in [6.07, 6.45) is 8.60. The molecule has 0 unspecified atom stereocenters. The van der Waals surface area contributed by atoms with Crippen molar-refractivity contribution in [3.63, 3.8) is 0 Å². The van der Waals surface area contributed by atoms with Crippen molar-refractivity contribution in [2.24, 2.45) is 0 Å². The Morgan fingerprint density at radius 2 is 2.21 bits per heavy atom. The first-order valence-corrected chi connectivity index (χ1v) is 10.9. The zero-order chi connectivity index (χ0) is 23.7. The number of carbonyl (C=O) groups excluding carboxylic acids is 1. The zero-order valence-electron chi connectivity index (χ0n) is 18.7. The average Bonchev–Trinajstić information content (AvgIpc) is 3.60. The van der Waals surface area contributed by atoms with E-state index in [0.29, 0.717) is 22.8 Å². The zero-order valence-corrected chi connectivity index (χ0v) is 18.7. The highest BCUT2D eigenvalue weighted by Crippen LogP contribution is 2.24. The van der Waals surface area contributed by atoms with E-state index < -0.39 is 0 Å². The summed E-state index contributed by atoms with van der Waals surface area (Å²) in [4.78, 5) is 34.5. The molecule has 5 rings (SSSR count). The minimum absolute atomic E-state index is 0.0375. The third-order valence-electron chi connectivity index (χ3n) is 5.86. The van der Waals surface area contributed by atoms with Gasteiger partial charge in [0, 0.05) is 32.5 Å². The summed E-state index contributed by atoms with van der Waals surface area (Å²) in [6, 6.07) is 5.21. The van der Waals surface area contributed by atoms with Crippen molar-refractivity contribution in [2.45, 2.75) is 31.4 Å². The van der Waals surface area contributed by atoms with Crippen LogP contribution >= 0.6 is 0 Å². The Bertz CT molecular complexity index is 1380. The summed E-state index contributed by atoms with van der Waals surface area (Å²) in [7, 11) is 3.42. The first kappa shape index (κ1) is 21.6. The lowest BCUT2D eigenvalue weighted by atomic mass is 10.2. The molecule has 176 valence electrons. The fraction of sp³-hybridized carbons (Fsp3) is 0.318. The Hall–Kier alpha value is -4.19. The SMILES string of the molecule is CNc1cc(Nc2cccn(-c3ncco3)c2=O)nc2c(C(=O)N[C@@H]3CC[C@@H](OC)C3)cnn12. The first-order chi connectivity index (χ1) is 16.6. The summed E-state index contributed by atoms with van der Waals surface area (Å²) < 4.78 is 13.5. The van der Waals surface area contributed by atoms with Crippen LogP contribution in [0.3, 0.4) is 0 Å². The predicted octanol–water partition coefficient (Wildman–Crippen LogP) is 1.95. The van der Waals surface area contributed by atoms with Gasteiger partial charge in [-0.25, -0.2) is 14.5 Å². The van der Waals surface area contributed by atoms with E-state index in [4.69, 9.17) is 9.15 Å². The molecule has 12 heteroatoms. The number of rotatable bonds is 7. The molecule has 1 saturated carbocycles. The molecule has 0 radical (unpaired) electrons. The van der Waals surface area contributed by atoms with Crippen molar-refractivity contribution in [2.75, 3.05) is 24.8 Å². The van der Waals surface area contributed by atoms with Crippen molar-refractivity contribution in [3.8, 4) is 6.01 Å². The highest BCUT2D eigenvalue weighted by Gasteiger charge is 2.27. The van der Waals surface area contributed by atoms with Gasteiger partial charge in [0.15, 0.2) is 5.65 Å². The van der Waals surface area contributed by atoms with Crippen LogP contribution in [0.5, 0.6) is 0 Å². The van der Waals surface area contributed by atoms with Crippen LogP contribution in [-0.4, -0.2) is 56.4 Å². The quantitative estimate of drug-likeness (QED) is 0.374. The molecule has 4 aromatic heterocycles. The number of pyridine rings is 1. The number of hydrogen-bond donors (Lipinski definition) is 3. The number of ether oxygens (including phenoxy) is 1. The van der Waals surface area contributed by atoms with E-state index in [0.717, 1.165) is 19.3 Å². The topological polar surface area (TPSA) is 141 Å². The number of hydrogen-bond acceptors (Lipinski definition) is 9. The molecule has 0 bridgehead atoms. The lowest BCUT2D eigenvalue weighted by Gasteiger charge is -2.13. The molecule has 0 spiro atoms. The normalized spacial score (nSPS) is 17.7. The van der Waals surface area contributed by atoms with Gasteiger partial charge in [0.05, 0.1) is 18.5 Å². The second-order valence-electron chi connectivity index (χ2n) is 7.95. The minimum atomic E-state index is -0.363. The second-order valence-corrected chi connectivity index (χ2v) is 7.95. The molecular weight excluding hydrogens is 440 g/mol. The number of nitrogens with zero attached hydrogens (tertiary/aromatic N) is 5. The molecule has 12 nitrogen and oxygen atoms in total. The molecule has 2 atom stereocenters. The molecule has 4 aromatic rings. The van der Waals surface area contributed by atoms with Gasteiger partial charge in [0.1, 0.15) is 29.1 Å². The lowest BCUT2D eigenvalue weighted by molar-refractivity contribution is 0.0916. The number of methoxy groups -OCH3 is 1. The summed E-state index contributed by atoms with van der Waals surface area (Å²) in [5.74, 6) is 0.708. The van der Waals surface area contributed by atoms with Crippen LogP contribution in [0.25, 0.3) is 11.7 Å². The third kappa shape index (κ3) is 3.99. The average molecular weight is 464 g/mol. The van der Waals surface area contributed by atoms with Gasteiger partial charge in [-0.05, 0) is 31.4 Å². The first-order valence-electron chi connectivity index (χ1n) is 10.9. The molecule has 1 aliphatic carbocycles. The molecule has 4 heterocycles. The number of amides is 1. The van der Waals surface area contributed by atoms with E-state index in [1.54, 1.807) is 43.1 Å². The smallest absolute Gasteiger partial charge is 0.308 e. The number of carbonyl (C=O) groups is 1. The van der Waals surface area contributed by atoms with Crippen LogP contribution in [0, 0.1) is 0 Å². The molecular formula is C22H24N8O4. The second kappa shape index (κ2) is 8.98. The maximum atomic E-state index is 13.0. The molecule has 0 saturated heterocycles. The van der Waals surface area contributed by atoms with Crippen LogP contribution in [0.4, 0.5) is 17.3 Å². The van der Waals surface area contributed by atoms with E-state index in [-0.39, 0.29) is 35.3 Å². The number of fused-ring (bicyclic) bond motifs is 1. The van der Waals surface area contributed by atoms with Crippen molar-refractivity contribution in [1.82, 2.24) is 29.5 Å². The minimum Gasteiger partial charge on any atom is -0.432 e. The van der Waals surface area contributed by atoms with Gasteiger partial charge >= 0.3 is 6.01 Å². The molecule has 3 N–H and O–H groups in total. The van der Waals surface area contributed by atoms with Crippen LogP contribution in [0.1, 0.15) is 29.6 Å². The van der Waals surface area contributed by atoms with Gasteiger partial charge < -0.3 is 25.1 Å². The number of aromatic nitrogens is 5. The Balaban J connectivity index is 1.46. The van der Waals surface area contributed by atoms with Crippen molar-refractivity contribution < 1.29 is 13.9 Å². The Morgan fingerprint density at radius 3 is 2.94 bits per heavy atom. The van der Waals surface area contributed by atoms with Crippen LogP contribution in [0.15, 0.2) is 52.3 Å². The molecule has 1 aliphatic rings. The standard InChI is InChI=1S/C22H24N8O4/c1-23-18-11-17(27-16-4-3-8-29(21(16)32)22-24-7-9-34-22)28-19-15(12-25-30(18)19)20(31)26-13-5-6-14(10-13)33-2/h3-4,7-9,11-14,23H,5-6,10H2,1-2H3,(H,26,31)(H,27,28)/t13-,14-/m1/s1. The fourth-order valence-electron chi connectivity index (χ4n) is 4.13. The molecule has 1 amide bonds. The van der Waals surface area contributed by atoms with E-state index in [2.05, 4.69) is 31.0 Å². The van der Waals surface area contributed by atoms with Crippen LogP contribution in [0.2, 0.25) is 0 Å². The fourth-order valence-corrected chi connectivity index (χ4v) is 4.13. The Kier molecular flexibility index (Phi) is 5.72. The number of nitrogens with one attached hydrogen (secondary N) is 3. The van der Waals surface area contributed by atoms with Gasteiger partial charge in [-0.2, -0.15) is 9.61 Å². The summed E-state index contributed by atoms with van der Waals surface area (Å²) in [6.45, 7) is 0. The van der Waals surface area contributed by atoms with Gasteiger partial charge in [-0.3, -0.25) is 9.59 Å². The van der Waals surface area contributed by atoms with Crippen molar-refractivity contribution >= 4 is 28.9 Å². The van der Waals surface area contributed by atoms with Gasteiger partial charge in [0.2, 0.25) is 0 Å². The van der Waals surface area contributed by atoms with Crippen molar-refractivity contribution in [3.05, 3.63) is 59.0 Å². The lowest BCUT2D eigenvalue weighted by Crippen LogP contribution is -2.33. The van der Waals surface area contributed by atoms with E-state index in [9.17, 15) is 9.59 Å². The predicted molar refractivity (Wildman–Crippen MR) is 124 cm³/mol. The highest BCUT2D eigenvalue weighted by molar-refractivity contribution is 6.00. The Morgan fingerprint density at radius 1 is 1.32 bits per heavy atom. The Labute approximate surface area is 194 Å². The molecule has 34 heavy (non-hydrogen) atoms. The number of oxazole rings is 1. The molecule has 0 aliphatic heterocycles. The molecule has 1 fully saturated rings. The van der Waals surface area contributed by atoms with E-state index >= 15 is 0 Å². The number of anilines is 3. The summed E-state index contributed by atoms with van der Waals surface area (Å²) in [5.41, 5.74) is 0.600. The summed E-state index contributed by atoms with van der Waals surface area (Å²) in [5, 5.41) is 13.5. The largest absolute Gasteiger partial charge is 0.432 e. The monoisotopic (exact) mass is 464 g/mol. The maximum absolute atomic E-state index is 13.0. The van der Waals surface area contributed by atoms with E-state index in [1.807, 2.05) is 0 Å². The van der Waals surface area contributed by atoms with E-state index in [1.165, 1.54) is 23.2 Å².